The number of benzene rings is 1. The SMILES string of the molecule is COc1ccc(Cn2nc(Nc3ccnc(Cl)c3Cl)c3ncc(N4CCC(C)(CNC(=O)OC(C)(C)C)C4)nc32)cc1. The van der Waals surface area contributed by atoms with Crippen molar-refractivity contribution in [1.82, 2.24) is 30.0 Å². The van der Waals surface area contributed by atoms with Crippen LogP contribution < -0.4 is 20.3 Å². The number of anilines is 3. The van der Waals surface area contributed by atoms with Gasteiger partial charge in [-0.25, -0.2) is 24.4 Å². The van der Waals surface area contributed by atoms with E-state index in [2.05, 4.69) is 27.4 Å². The van der Waals surface area contributed by atoms with Crippen molar-refractivity contribution in [2.45, 2.75) is 46.3 Å². The van der Waals surface area contributed by atoms with E-state index in [1.807, 2.05) is 49.7 Å². The maximum atomic E-state index is 12.2. The summed E-state index contributed by atoms with van der Waals surface area (Å²) < 4.78 is 12.5. The molecule has 0 bridgehead atoms. The van der Waals surface area contributed by atoms with Crippen molar-refractivity contribution < 1.29 is 14.3 Å². The van der Waals surface area contributed by atoms with Gasteiger partial charge in [-0.1, -0.05) is 42.3 Å². The number of alkyl carbamates (subject to hydrolysis) is 1. The zero-order valence-electron chi connectivity index (χ0n) is 24.2. The van der Waals surface area contributed by atoms with Crippen molar-refractivity contribution in [3.63, 3.8) is 0 Å². The van der Waals surface area contributed by atoms with Crippen LogP contribution in [0.25, 0.3) is 11.2 Å². The number of hydrogen-bond acceptors (Lipinski definition) is 9. The highest BCUT2D eigenvalue weighted by molar-refractivity contribution is 6.43. The minimum Gasteiger partial charge on any atom is -0.497 e. The van der Waals surface area contributed by atoms with E-state index in [1.165, 1.54) is 0 Å². The first-order valence-electron chi connectivity index (χ1n) is 13.6. The molecule has 0 spiro atoms. The van der Waals surface area contributed by atoms with Crippen LogP contribution in [-0.4, -0.2) is 63.2 Å². The van der Waals surface area contributed by atoms with Crippen molar-refractivity contribution in [3.8, 4) is 5.75 Å². The molecule has 13 heteroatoms. The lowest BCUT2D eigenvalue weighted by Crippen LogP contribution is -2.40. The van der Waals surface area contributed by atoms with E-state index in [0.717, 1.165) is 30.1 Å². The summed E-state index contributed by atoms with van der Waals surface area (Å²) in [5.41, 5.74) is 2.08. The number of carbonyl (C=O) groups is 1. The van der Waals surface area contributed by atoms with E-state index in [4.69, 9.17) is 47.7 Å². The molecule has 2 N–H and O–H groups in total. The van der Waals surface area contributed by atoms with E-state index in [0.29, 0.717) is 42.3 Å². The zero-order valence-corrected chi connectivity index (χ0v) is 25.8. The molecule has 222 valence electrons. The first-order chi connectivity index (χ1) is 19.9. The van der Waals surface area contributed by atoms with Crippen molar-refractivity contribution in [3.05, 3.63) is 58.5 Å². The number of carbonyl (C=O) groups excluding carboxylic acids is 1. The lowest BCUT2D eigenvalue weighted by Gasteiger charge is -2.26. The average molecular weight is 614 g/mol. The number of aromatic nitrogens is 5. The Morgan fingerprint density at radius 1 is 1.14 bits per heavy atom. The average Bonchev–Trinajstić information content (AvgIpc) is 3.50. The number of nitrogens with zero attached hydrogens (tertiary/aromatic N) is 6. The summed E-state index contributed by atoms with van der Waals surface area (Å²) in [7, 11) is 1.64. The fourth-order valence-electron chi connectivity index (χ4n) is 4.79. The van der Waals surface area contributed by atoms with Crippen LogP contribution in [0.2, 0.25) is 10.2 Å². The molecular formula is C29H34Cl2N8O3. The van der Waals surface area contributed by atoms with Crippen molar-refractivity contribution in [2.75, 3.05) is 37.0 Å². The van der Waals surface area contributed by atoms with Crippen LogP contribution in [-0.2, 0) is 11.3 Å². The van der Waals surface area contributed by atoms with Crippen molar-refractivity contribution in [1.29, 1.82) is 0 Å². The molecule has 1 aliphatic rings. The molecule has 0 radical (unpaired) electrons. The van der Waals surface area contributed by atoms with E-state index < -0.39 is 11.7 Å². The van der Waals surface area contributed by atoms with Gasteiger partial charge in [0.2, 0.25) is 0 Å². The molecule has 0 aliphatic carbocycles. The number of fused-ring (bicyclic) bond motifs is 1. The van der Waals surface area contributed by atoms with Gasteiger partial charge in [-0.3, -0.25) is 0 Å². The molecule has 1 aliphatic heterocycles. The number of halogens is 2. The summed E-state index contributed by atoms with van der Waals surface area (Å²) in [6.45, 7) is 10.1. The first-order valence-corrected chi connectivity index (χ1v) is 14.3. The molecule has 1 unspecified atom stereocenters. The van der Waals surface area contributed by atoms with Gasteiger partial charge < -0.3 is 25.0 Å². The largest absolute Gasteiger partial charge is 0.497 e. The molecule has 4 heterocycles. The van der Waals surface area contributed by atoms with Crippen LogP contribution in [0.1, 0.15) is 39.7 Å². The van der Waals surface area contributed by atoms with Gasteiger partial charge in [-0.2, -0.15) is 5.10 Å². The van der Waals surface area contributed by atoms with Gasteiger partial charge in [0.05, 0.1) is 25.5 Å². The van der Waals surface area contributed by atoms with Crippen LogP contribution in [0, 0.1) is 5.41 Å². The van der Waals surface area contributed by atoms with Gasteiger partial charge in [0.25, 0.3) is 0 Å². The Morgan fingerprint density at radius 2 is 1.90 bits per heavy atom. The van der Waals surface area contributed by atoms with Crippen LogP contribution in [0.15, 0.2) is 42.7 Å². The molecule has 11 nitrogen and oxygen atoms in total. The summed E-state index contributed by atoms with van der Waals surface area (Å²) in [5.74, 6) is 2.00. The third-order valence-electron chi connectivity index (χ3n) is 6.96. The number of ether oxygens (including phenoxy) is 2. The van der Waals surface area contributed by atoms with E-state index >= 15 is 0 Å². The Kier molecular flexibility index (Phi) is 8.34. The van der Waals surface area contributed by atoms with Crippen LogP contribution >= 0.6 is 23.2 Å². The molecular weight excluding hydrogens is 579 g/mol. The number of nitrogens with one attached hydrogen (secondary N) is 2. The van der Waals surface area contributed by atoms with Gasteiger partial charge >= 0.3 is 6.09 Å². The molecule has 1 amide bonds. The predicted octanol–water partition coefficient (Wildman–Crippen LogP) is 6.07. The summed E-state index contributed by atoms with van der Waals surface area (Å²) in [6.07, 6.45) is 3.78. The minimum absolute atomic E-state index is 0.152. The second kappa shape index (κ2) is 11.8. The van der Waals surface area contributed by atoms with Gasteiger partial charge in [-0.05, 0) is 51.0 Å². The van der Waals surface area contributed by atoms with Gasteiger partial charge in [-0.15, -0.1) is 0 Å². The van der Waals surface area contributed by atoms with Crippen LogP contribution in [0.4, 0.5) is 22.1 Å². The smallest absolute Gasteiger partial charge is 0.407 e. The molecule has 4 aromatic rings. The fraction of sp³-hybridized carbons (Fsp3) is 0.414. The zero-order chi connectivity index (χ0) is 30.1. The number of methoxy groups -OCH3 is 1. The summed E-state index contributed by atoms with van der Waals surface area (Å²) in [4.78, 5) is 28.2. The fourth-order valence-corrected chi connectivity index (χ4v) is 5.11. The molecule has 0 saturated carbocycles. The second-order valence-electron chi connectivity index (χ2n) is 11.7. The standard InChI is InChI=1S/C29H34Cl2N8O3/c1-28(2,3)42-27(40)34-16-29(4)11-13-38(17-29)21-14-33-23-25(35-20-10-12-32-24(31)22(20)30)37-39(26(23)36-21)15-18-6-8-19(41-5)9-7-18/h6-10,12,14H,11,13,15-17H2,1-5H3,(H,34,40)(H,32,35,37). The Morgan fingerprint density at radius 3 is 2.62 bits per heavy atom. The third kappa shape index (κ3) is 6.79. The summed E-state index contributed by atoms with van der Waals surface area (Å²) in [5, 5.41) is 11.5. The Bertz CT molecular complexity index is 1590. The molecule has 1 aromatic carbocycles. The van der Waals surface area contributed by atoms with Gasteiger partial charge in [0.15, 0.2) is 17.0 Å². The van der Waals surface area contributed by atoms with Crippen molar-refractivity contribution in [2.24, 2.45) is 5.41 Å². The second-order valence-corrected chi connectivity index (χ2v) is 12.4. The monoisotopic (exact) mass is 612 g/mol. The normalized spacial score (nSPS) is 17.0. The molecule has 5 rings (SSSR count). The summed E-state index contributed by atoms with van der Waals surface area (Å²) in [6, 6.07) is 9.51. The molecule has 1 saturated heterocycles. The minimum atomic E-state index is -0.546. The molecule has 1 fully saturated rings. The highest BCUT2D eigenvalue weighted by atomic mass is 35.5. The topological polar surface area (TPSA) is 119 Å². The predicted molar refractivity (Wildman–Crippen MR) is 164 cm³/mol. The van der Waals surface area contributed by atoms with Crippen LogP contribution in [0.5, 0.6) is 5.75 Å². The Balaban J connectivity index is 1.42. The third-order valence-corrected chi connectivity index (χ3v) is 7.73. The quantitative estimate of drug-likeness (QED) is 0.228. The van der Waals surface area contributed by atoms with Gasteiger partial charge in [0.1, 0.15) is 27.3 Å². The highest BCUT2D eigenvalue weighted by Crippen LogP contribution is 2.35. The highest BCUT2D eigenvalue weighted by Gasteiger charge is 2.35. The molecule has 42 heavy (non-hydrogen) atoms. The molecule has 3 aromatic heterocycles. The molecule has 1 atom stereocenters. The lowest BCUT2D eigenvalue weighted by atomic mass is 9.90. The van der Waals surface area contributed by atoms with E-state index in [-0.39, 0.29) is 15.6 Å². The maximum Gasteiger partial charge on any atom is 0.407 e. The van der Waals surface area contributed by atoms with Gasteiger partial charge in [0, 0.05) is 31.2 Å². The number of amides is 1. The Labute approximate surface area is 254 Å². The van der Waals surface area contributed by atoms with Crippen molar-refractivity contribution >= 4 is 57.8 Å². The van der Waals surface area contributed by atoms with Crippen LogP contribution in [0.3, 0.4) is 0 Å². The number of hydrogen-bond donors (Lipinski definition) is 2. The van der Waals surface area contributed by atoms with E-state index in [9.17, 15) is 4.79 Å². The maximum absolute atomic E-state index is 12.2. The number of rotatable bonds is 8. The van der Waals surface area contributed by atoms with E-state index in [1.54, 1.807) is 25.6 Å². The summed E-state index contributed by atoms with van der Waals surface area (Å²) >= 11 is 12.5. The first kappa shape index (κ1) is 29.7. The lowest BCUT2D eigenvalue weighted by molar-refractivity contribution is 0.0507. The number of pyridine rings is 1. The Hall–Kier alpha value is -3.83.